The maximum atomic E-state index is 12.5. The predicted octanol–water partition coefficient (Wildman–Crippen LogP) is 0.518. The molecule has 0 fully saturated rings. The Morgan fingerprint density at radius 3 is 2.85 bits per heavy atom. The number of aliphatic hydroxyl groups is 1. The van der Waals surface area contributed by atoms with E-state index in [1.807, 2.05) is 11.9 Å². The third-order valence-corrected chi connectivity index (χ3v) is 5.34. The first-order valence-electron chi connectivity index (χ1n) is 6.59. The predicted molar refractivity (Wildman–Crippen MR) is 76.7 cm³/mol. The Balaban J connectivity index is 2.40. The maximum Gasteiger partial charge on any atom is 0.243 e. The van der Waals surface area contributed by atoms with E-state index in [-0.39, 0.29) is 18.0 Å². The van der Waals surface area contributed by atoms with Crippen molar-refractivity contribution in [3.63, 3.8) is 0 Å². The molecule has 1 aliphatic rings. The summed E-state index contributed by atoms with van der Waals surface area (Å²) in [5.41, 5.74) is 0.775. The molecule has 1 aromatic rings. The van der Waals surface area contributed by atoms with Crippen LogP contribution in [0.5, 0.6) is 5.75 Å². The topological polar surface area (TPSA) is 70.1 Å². The van der Waals surface area contributed by atoms with Gasteiger partial charge in [-0.1, -0.05) is 6.92 Å². The Bertz CT molecular complexity index is 574. The van der Waals surface area contributed by atoms with E-state index in [4.69, 9.17) is 9.84 Å². The molecule has 1 aliphatic heterocycles. The third kappa shape index (κ3) is 2.74. The molecule has 0 bridgehead atoms. The van der Waals surface area contributed by atoms with Crippen molar-refractivity contribution in [1.29, 1.82) is 0 Å². The van der Waals surface area contributed by atoms with Gasteiger partial charge in [-0.2, -0.15) is 4.31 Å². The summed E-state index contributed by atoms with van der Waals surface area (Å²) in [6.45, 7) is 3.31. The summed E-state index contributed by atoms with van der Waals surface area (Å²) in [5.74, 6) is 0.697. The second-order valence-corrected chi connectivity index (χ2v) is 6.56. The van der Waals surface area contributed by atoms with Crippen LogP contribution in [-0.2, 0) is 10.0 Å². The van der Waals surface area contributed by atoms with Gasteiger partial charge in [0.25, 0.3) is 0 Å². The van der Waals surface area contributed by atoms with Crippen LogP contribution in [-0.4, -0.2) is 57.7 Å². The molecule has 112 valence electrons. The monoisotopic (exact) mass is 300 g/mol. The Hall–Kier alpha value is -1.31. The van der Waals surface area contributed by atoms with Gasteiger partial charge in [-0.15, -0.1) is 0 Å². The van der Waals surface area contributed by atoms with Crippen LogP contribution in [0.1, 0.15) is 6.92 Å². The molecule has 0 spiro atoms. The van der Waals surface area contributed by atoms with E-state index < -0.39 is 10.0 Å². The minimum atomic E-state index is -3.58. The fourth-order valence-electron chi connectivity index (χ4n) is 2.20. The van der Waals surface area contributed by atoms with Crippen LogP contribution in [0.25, 0.3) is 0 Å². The number of hydrogen-bond donors (Lipinski definition) is 1. The molecule has 0 amide bonds. The van der Waals surface area contributed by atoms with E-state index in [1.54, 1.807) is 25.1 Å². The number of anilines is 1. The highest BCUT2D eigenvalue weighted by Gasteiger charge is 2.25. The number of hydrogen-bond acceptors (Lipinski definition) is 5. The van der Waals surface area contributed by atoms with E-state index in [1.165, 1.54) is 4.31 Å². The quantitative estimate of drug-likeness (QED) is 0.858. The summed E-state index contributed by atoms with van der Waals surface area (Å²) in [5, 5.41) is 8.98. The molecule has 1 heterocycles. The SMILES string of the molecule is CCN(CCO)S(=O)(=O)c1ccc2c(c1)N(C)CCO2. The van der Waals surface area contributed by atoms with Gasteiger partial charge in [0.15, 0.2) is 0 Å². The third-order valence-electron chi connectivity index (χ3n) is 3.37. The van der Waals surface area contributed by atoms with E-state index in [2.05, 4.69) is 0 Å². The van der Waals surface area contributed by atoms with Gasteiger partial charge in [-0.3, -0.25) is 0 Å². The number of fused-ring (bicyclic) bond motifs is 1. The molecule has 0 saturated carbocycles. The lowest BCUT2D eigenvalue weighted by Crippen LogP contribution is -2.34. The van der Waals surface area contributed by atoms with Crippen molar-refractivity contribution in [3.05, 3.63) is 18.2 Å². The maximum absolute atomic E-state index is 12.5. The molecule has 0 saturated heterocycles. The summed E-state index contributed by atoms with van der Waals surface area (Å²) in [4.78, 5) is 2.20. The van der Waals surface area contributed by atoms with Gasteiger partial charge in [0.05, 0.1) is 23.7 Å². The van der Waals surface area contributed by atoms with Crippen molar-refractivity contribution in [2.24, 2.45) is 0 Å². The summed E-state index contributed by atoms with van der Waals surface area (Å²) >= 11 is 0. The summed E-state index contributed by atoms with van der Waals surface area (Å²) in [7, 11) is -1.67. The van der Waals surface area contributed by atoms with Gasteiger partial charge in [0.1, 0.15) is 12.4 Å². The Morgan fingerprint density at radius 1 is 1.45 bits per heavy atom. The van der Waals surface area contributed by atoms with Crippen LogP contribution in [0, 0.1) is 0 Å². The highest BCUT2D eigenvalue weighted by molar-refractivity contribution is 7.89. The largest absolute Gasteiger partial charge is 0.490 e. The van der Waals surface area contributed by atoms with Crippen LogP contribution in [0.4, 0.5) is 5.69 Å². The number of likely N-dealkylation sites (N-methyl/N-ethyl adjacent to an activating group) is 2. The number of aliphatic hydroxyl groups excluding tert-OH is 1. The molecule has 6 nitrogen and oxygen atoms in total. The summed E-state index contributed by atoms with van der Waals surface area (Å²) < 4.78 is 31.8. The minimum Gasteiger partial charge on any atom is -0.490 e. The van der Waals surface area contributed by atoms with Crippen LogP contribution in [0.15, 0.2) is 23.1 Å². The van der Waals surface area contributed by atoms with E-state index >= 15 is 0 Å². The lowest BCUT2D eigenvalue weighted by Gasteiger charge is -2.28. The van der Waals surface area contributed by atoms with Crippen molar-refractivity contribution in [1.82, 2.24) is 4.31 Å². The number of nitrogens with zero attached hydrogens (tertiary/aromatic N) is 2. The van der Waals surface area contributed by atoms with E-state index in [0.29, 0.717) is 18.9 Å². The highest BCUT2D eigenvalue weighted by Crippen LogP contribution is 2.33. The Kier molecular flexibility index (Phi) is 4.52. The zero-order valence-electron chi connectivity index (χ0n) is 11.7. The minimum absolute atomic E-state index is 0.0995. The van der Waals surface area contributed by atoms with Crippen LogP contribution >= 0.6 is 0 Å². The molecule has 20 heavy (non-hydrogen) atoms. The average Bonchev–Trinajstić information content (AvgIpc) is 2.44. The number of benzene rings is 1. The van der Waals surface area contributed by atoms with Crippen LogP contribution < -0.4 is 9.64 Å². The molecule has 0 atom stereocenters. The van der Waals surface area contributed by atoms with Gasteiger partial charge >= 0.3 is 0 Å². The molecule has 2 rings (SSSR count). The van der Waals surface area contributed by atoms with E-state index in [0.717, 1.165) is 12.2 Å². The summed E-state index contributed by atoms with van der Waals surface area (Å²) in [6.07, 6.45) is 0. The highest BCUT2D eigenvalue weighted by atomic mass is 32.2. The lowest BCUT2D eigenvalue weighted by atomic mass is 10.2. The zero-order valence-corrected chi connectivity index (χ0v) is 12.6. The fraction of sp³-hybridized carbons (Fsp3) is 0.538. The first-order chi connectivity index (χ1) is 9.50. The molecule has 1 N–H and O–H groups in total. The molecule has 1 aromatic carbocycles. The van der Waals surface area contributed by atoms with Crippen molar-refractivity contribution < 1.29 is 18.3 Å². The molecule has 0 aromatic heterocycles. The summed E-state index contributed by atoms with van der Waals surface area (Å²) in [6, 6.07) is 4.86. The normalized spacial score (nSPS) is 15.1. The molecule has 0 aliphatic carbocycles. The number of ether oxygens (including phenoxy) is 1. The van der Waals surface area contributed by atoms with Crippen molar-refractivity contribution >= 4 is 15.7 Å². The first-order valence-corrected chi connectivity index (χ1v) is 8.03. The number of rotatable bonds is 5. The second-order valence-electron chi connectivity index (χ2n) is 4.62. The van der Waals surface area contributed by atoms with E-state index in [9.17, 15) is 8.42 Å². The molecular weight excluding hydrogens is 280 g/mol. The van der Waals surface area contributed by atoms with Crippen molar-refractivity contribution in [2.45, 2.75) is 11.8 Å². The van der Waals surface area contributed by atoms with Crippen LogP contribution in [0.3, 0.4) is 0 Å². The van der Waals surface area contributed by atoms with Gasteiger partial charge in [0, 0.05) is 20.1 Å². The van der Waals surface area contributed by atoms with Crippen molar-refractivity contribution in [2.75, 3.05) is 44.8 Å². The van der Waals surface area contributed by atoms with Gasteiger partial charge in [-0.05, 0) is 18.2 Å². The van der Waals surface area contributed by atoms with Crippen LogP contribution in [0.2, 0.25) is 0 Å². The fourth-order valence-corrected chi connectivity index (χ4v) is 3.66. The van der Waals surface area contributed by atoms with Crippen molar-refractivity contribution in [3.8, 4) is 5.75 Å². The standard InChI is InChI=1S/C13H20N2O4S/c1-3-15(6-8-16)20(17,18)11-4-5-13-12(10-11)14(2)7-9-19-13/h4-5,10,16H,3,6-9H2,1-2H3. The van der Waals surface area contributed by atoms with Gasteiger partial charge < -0.3 is 14.7 Å². The molecule has 0 unspecified atom stereocenters. The van der Waals surface area contributed by atoms with Gasteiger partial charge in [0.2, 0.25) is 10.0 Å². The molecular formula is C13H20N2O4S. The lowest BCUT2D eigenvalue weighted by molar-refractivity contribution is 0.257. The Labute approximate surface area is 119 Å². The Morgan fingerprint density at radius 2 is 2.20 bits per heavy atom. The smallest absolute Gasteiger partial charge is 0.243 e. The van der Waals surface area contributed by atoms with Gasteiger partial charge in [-0.25, -0.2) is 8.42 Å². The second kappa shape index (κ2) is 5.99. The molecule has 7 heteroatoms. The first kappa shape index (κ1) is 15.1. The number of sulfonamides is 1. The average molecular weight is 300 g/mol. The molecule has 0 radical (unpaired) electrons. The zero-order chi connectivity index (χ0) is 14.8.